The molecule has 2 aromatic rings. The molecule has 1 spiro atoms. The van der Waals surface area contributed by atoms with Crippen molar-refractivity contribution < 1.29 is 19.2 Å². The smallest absolute Gasteiger partial charge is 0.250 e. The summed E-state index contributed by atoms with van der Waals surface area (Å²) in [5.41, 5.74) is 6.52. The van der Waals surface area contributed by atoms with Crippen LogP contribution >= 0.6 is 11.6 Å². The Hall–Kier alpha value is -3.23. The van der Waals surface area contributed by atoms with E-state index in [2.05, 4.69) is 17.6 Å². The molecule has 176 valence electrons. The van der Waals surface area contributed by atoms with E-state index in [0.717, 1.165) is 29.7 Å². The van der Waals surface area contributed by atoms with Gasteiger partial charge >= 0.3 is 0 Å². The molecule has 0 aliphatic carbocycles. The van der Waals surface area contributed by atoms with Gasteiger partial charge in [0.15, 0.2) is 0 Å². The number of aryl methyl sites for hydroxylation is 1. The molecule has 5 rings (SSSR count). The van der Waals surface area contributed by atoms with E-state index in [1.165, 1.54) is 0 Å². The van der Waals surface area contributed by atoms with E-state index in [1.54, 1.807) is 30.3 Å². The molecule has 2 aromatic carbocycles. The maximum Gasteiger partial charge on any atom is 0.250 e. The Kier molecular flexibility index (Phi) is 5.45. The van der Waals surface area contributed by atoms with Gasteiger partial charge in [-0.3, -0.25) is 24.5 Å². The van der Waals surface area contributed by atoms with Crippen molar-refractivity contribution in [1.82, 2.24) is 5.32 Å². The van der Waals surface area contributed by atoms with Gasteiger partial charge < -0.3 is 11.1 Å². The first-order valence-electron chi connectivity index (χ1n) is 11.4. The molecule has 2 saturated heterocycles. The molecule has 0 saturated carbocycles. The fourth-order valence-electron chi connectivity index (χ4n) is 5.61. The summed E-state index contributed by atoms with van der Waals surface area (Å²) in [6, 6.07) is 11.5. The number of hydrogen-bond acceptors (Lipinski definition) is 5. The Labute approximate surface area is 201 Å². The minimum absolute atomic E-state index is 0.186. The Morgan fingerprint density at radius 3 is 2.53 bits per heavy atom. The second-order valence-electron chi connectivity index (χ2n) is 9.16. The van der Waals surface area contributed by atoms with Gasteiger partial charge in [-0.1, -0.05) is 37.1 Å². The number of rotatable bonds is 6. The Balaban J connectivity index is 1.59. The molecule has 4 atom stereocenters. The highest BCUT2D eigenvalue weighted by Crippen LogP contribution is 2.54. The highest BCUT2D eigenvalue weighted by Gasteiger charge is 2.70. The molecule has 9 heteroatoms. The lowest BCUT2D eigenvalue weighted by Gasteiger charge is -2.29. The highest BCUT2D eigenvalue weighted by molar-refractivity contribution is 6.31. The van der Waals surface area contributed by atoms with Crippen LogP contribution in [0.1, 0.15) is 37.3 Å². The number of fused-ring (bicyclic) bond motifs is 4. The molecule has 0 bridgehead atoms. The molecule has 0 radical (unpaired) electrons. The van der Waals surface area contributed by atoms with E-state index < -0.39 is 47.0 Å². The van der Waals surface area contributed by atoms with E-state index in [1.807, 2.05) is 12.1 Å². The Morgan fingerprint density at radius 2 is 1.85 bits per heavy atom. The lowest BCUT2D eigenvalue weighted by Crippen LogP contribution is -2.53. The summed E-state index contributed by atoms with van der Waals surface area (Å²) in [6.07, 6.45) is 2.84. The zero-order valence-electron chi connectivity index (χ0n) is 18.6. The van der Waals surface area contributed by atoms with Crippen molar-refractivity contribution in [3.63, 3.8) is 0 Å². The van der Waals surface area contributed by atoms with E-state index in [4.69, 9.17) is 17.3 Å². The van der Waals surface area contributed by atoms with Gasteiger partial charge in [0.2, 0.25) is 23.6 Å². The van der Waals surface area contributed by atoms with Crippen molar-refractivity contribution in [3.05, 3.63) is 58.6 Å². The van der Waals surface area contributed by atoms with Crippen molar-refractivity contribution in [2.45, 2.75) is 44.2 Å². The highest BCUT2D eigenvalue weighted by atomic mass is 35.5. The van der Waals surface area contributed by atoms with Crippen molar-refractivity contribution in [1.29, 1.82) is 0 Å². The van der Waals surface area contributed by atoms with Gasteiger partial charge in [0.25, 0.3) is 0 Å². The average molecular weight is 481 g/mol. The number of imide groups is 1. The number of nitrogens with one attached hydrogen (secondary N) is 2. The minimum atomic E-state index is -1.52. The van der Waals surface area contributed by atoms with Crippen LogP contribution < -0.4 is 21.3 Å². The molecule has 4 amide bonds. The molecular formula is C25H25ClN4O4. The number of amides is 4. The second-order valence-corrected chi connectivity index (χ2v) is 9.60. The molecule has 3 heterocycles. The second kappa shape index (κ2) is 8.21. The first-order valence-corrected chi connectivity index (χ1v) is 11.8. The van der Waals surface area contributed by atoms with Gasteiger partial charge in [0.05, 0.1) is 17.5 Å². The first-order chi connectivity index (χ1) is 16.3. The largest absolute Gasteiger partial charge is 0.370 e. The summed E-state index contributed by atoms with van der Waals surface area (Å²) in [5.74, 6) is -3.98. The van der Waals surface area contributed by atoms with E-state index in [0.29, 0.717) is 22.0 Å². The summed E-state index contributed by atoms with van der Waals surface area (Å²) in [7, 11) is 0. The molecule has 4 N–H and O–H groups in total. The molecule has 0 unspecified atom stereocenters. The average Bonchev–Trinajstić information content (AvgIpc) is 3.37. The summed E-state index contributed by atoms with van der Waals surface area (Å²) < 4.78 is 0. The zero-order chi connectivity index (χ0) is 24.2. The monoisotopic (exact) mass is 480 g/mol. The number of carbonyl (C=O) groups is 4. The van der Waals surface area contributed by atoms with Crippen LogP contribution in [0.3, 0.4) is 0 Å². The predicted molar refractivity (Wildman–Crippen MR) is 127 cm³/mol. The van der Waals surface area contributed by atoms with Gasteiger partial charge in [0, 0.05) is 28.7 Å². The van der Waals surface area contributed by atoms with Crippen LogP contribution in [0.15, 0.2) is 42.5 Å². The van der Waals surface area contributed by atoms with Gasteiger partial charge in [-0.25, -0.2) is 4.90 Å². The van der Waals surface area contributed by atoms with Crippen molar-refractivity contribution >= 4 is 46.6 Å². The van der Waals surface area contributed by atoms with E-state index in [9.17, 15) is 19.2 Å². The lowest BCUT2D eigenvalue weighted by molar-refractivity contribution is -0.130. The molecule has 34 heavy (non-hydrogen) atoms. The van der Waals surface area contributed by atoms with Crippen LogP contribution in [0.2, 0.25) is 5.02 Å². The fraction of sp³-hybridized carbons (Fsp3) is 0.360. The normalized spacial score (nSPS) is 27.3. The fourth-order valence-corrected chi connectivity index (χ4v) is 5.78. The van der Waals surface area contributed by atoms with Gasteiger partial charge in [0.1, 0.15) is 5.54 Å². The summed E-state index contributed by atoms with van der Waals surface area (Å²) in [5, 5.41) is 6.35. The molecular weight excluding hydrogens is 456 g/mol. The maximum absolute atomic E-state index is 13.8. The number of halogens is 1. The van der Waals surface area contributed by atoms with Crippen LogP contribution in [-0.4, -0.2) is 29.7 Å². The standard InChI is InChI=1S/C25H25ClN4O4/c1-2-3-4-13-5-8-15(9-6-13)30-22(32)20-18(12-19(27)31)29-25(21(20)23(30)33)16-11-14(26)7-10-17(16)28-24(25)34/h5-11,18,20-21,29H,2-4,12H2,1H3,(H2,27,31)(H,28,34)/t18-,20+,21-,25+/m0/s1. The van der Waals surface area contributed by atoms with Crippen LogP contribution in [0.25, 0.3) is 0 Å². The van der Waals surface area contributed by atoms with E-state index >= 15 is 0 Å². The number of nitrogens with two attached hydrogens (primary N) is 1. The molecule has 3 aliphatic heterocycles. The van der Waals surface area contributed by atoms with Gasteiger partial charge in [-0.15, -0.1) is 0 Å². The number of benzene rings is 2. The van der Waals surface area contributed by atoms with Crippen molar-refractivity contribution in [2.24, 2.45) is 17.6 Å². The molecule has 2 fully saturated rings. The lowest BCUT2D eigenvalue weighted by atomic mass is 9.76. The van der Waals surface area contributed by atoms with Crippen molar-refractivity contribution in [2.75, 3.05) is 10.2 Å². The number of carbonyl (C=O) groups excluding carboxylic acids is 4. The summed E-state index contributed by atoms with van der Waals surface area (Å²) in [6.45, 7) is 2.12. The summed E-state index contributed by atoms with van der Waals surface area (Å²) in [4.78, 5) is 53.8. The topological polar surface area (TPSA) is 122 Å². The summed E-state index contributed by atoms with van der Waals surface area (Å²) >= 11 is 6.23. The van der Waals surface area contributed by atoms with Gasteiger partial charge in [-0.05, 0) is 48.7 Å². The maximum atomic E-state index is 13.8. The molecule has 8 nitrogen and oxygen atoms in total. The zero-order valence-corrected chi connectivity index (χ0v) is 19.4. The van der Waals surface area contributed by atoms with Crippen molar-refractivity contribution in [3.8, 4) is 0 Å². The third kappa shape index (κ3) is 3.24. The SMILES string of the molecule is CCCCc1ccc(N2C(=O)[C@@H]3[C@H](CC(N)=O)N[C@@]4(C(=O)Nc5ccc(Cl)cc54)[C@@H]3C2=O)cc1. The predicted octanol–water partition coefficient (Wildman–Crippen LogP) is 2.48. The Morgan fingerprint density at radius 1 is 1.12 bits per heavy atom. The number of primary amides is 1. The van der Waals surface area contributed by atoms with Crippen LogP contribution in [0.4, 0.5) is 11.4 Å². The van der Waals surface area contributed by atoms with Crippen LogP contribution in [-0.2, 0) is 31.1 Å². The number of anilines is 2. The minimum Gasteiger partial charge on any atom is -0.370 e. The molecule has 3 aliphatic rings. The quantitative estimate of drug-likeness (QED) is 0.548. The third-order valence-electron chi connectivity index (χ3n) is 7.11. The van der Waals surface area contributed by atoms with E-state index in [-0.39, 0.29) is 6.42 Å². The first kappa shape index (κ1) is 22.6. The van der Waals surface area contributed by atoms with Crippen LogP contribution in [0, 0.1) is 11.8 Å². The number of nitrogens with zero attached hydrogens (tertiary/aromatic N) is 1. The van der Waals surface area contributed by atoms with Crippen LogP contribution in [0.5, 0.6) is 0 Å². The number of unbranched alkanes of at least 4 members (excludes halogenated alkanes) is 1. The third-order valence-corrected chi connectivity index (χ3v) is 7.35. The Bertz CT molecular complexity index is 1210. The van der Waals surface area contributed by atoms with Gasteiger partial charge in [-0.2, -0.15) is 0 Å². The molecule has 0 aromatic heterocycles. The number of hydrogen-bond donors (Lipinski definition) is 3.